The molecule has 0 saturated carbocycles. The molecule has 0 radical (unpaired) electrons. The van der Waals surface area contributed by atoms with E-state index in [4.69, 9.17) is 18.0 Å². The number of likely N-dealkylation sites (tertiary alicyclic amines) is 1. The van der Waals surface area contributed by atoms with E-state index in [-0.39, 0.29) is 6.04 Å². The van der Waals surface area contributed by atoms with Gasteiger partial charge in [-0.05, 0) is 54.9 Å². The molecule has 8 heteroatoms. The van der Waals surface area contributed by atoms with Gasteiger partial charge in [0, 0.05) is 19.3 Å². The average molecular weight is 317 g/mol. The van der Waals surface area contributed by atoms with E-state index in [1.54, 1.807) is 0 Å². The van der Waals surface area contributed by atoms with E-state index in [9.17, 15) is 0 Å². The number of piperidine rings is 1. The number of nitrogens with one attached hydrogen (secondary N) is 1. The van der Waals surface area contributed by atoms with Crippen LogP contribution in [0.2, 0.25) is 0 Å². The van der Waals surface area contributed by atoms with Gasteiger partial charge in [0.2, 0.25) is 0 Å². The molecule has 1 fully saturated rings. The van der Waals surface area contributed by atoms with Crippen molar-refractivity contribution in [3.8, 4) is 5.69 Å². The number of nitrogen functional groups attached to an aromatic ring is 1. The molecule has 1 aromatic heterocycles. The average Bonchev–Trinajstić information content (AvgIpc) is 3.04. The predicted molar refractivity (Wildman–Crippen MR) is 88.5 cm³/mol. The lowest BCUT2D eigenvalue weighted by Crippen LogP contribution is -2.43. The molecule has 2 aromatic rings. The minimum atomic E-state index is 0.0727. The summed E-state index contributed by atoms with van der Waals surface area (Å²) in [5, 5.41) is 16.7. The lowest BCUT2D eigenvalue weighted by Gasteiger charge is -2.35. The third-order valence-electron chi connectivity index (χ3n) is 3.81. The minimum Gasteiger partial charge on any atom is -0.399 e. The second kappa shape index (κ2) is 6.27. The third-order valence-corrected chi connectivity index (χ3v) is 4.24. The summed E-state index contributed by atoms with van der Waals surface area (Å²) in [5.74, 6) is 0.694. The van der Waals surface area contributed by atoms with Crippen LogP contribution in [0.3, 0.4) is 0 Å². The van der Waals surface area contributed by atoms with Crippen molar-refractivity contribution >= 4 is 23.0 Å². The topological polar surface area (TPSA) is 84.9 Å². The monoisotopic (exact) mass is 317 g/mol. The summed E-state index contributed by atoms with van der Waals surface area (Å²) in [6.07, 6.45) is 3.24. The maximum atomic E-state index is 5.80. The van der Waals surface area contributed by atoms with E-state index < -0.39 is 0 Å². The minimum absolute atomic E-state index is 0.0727. The summed E-state index contributed by atoms with van der Waals surface area (Å²) in [7, 11) is 1.84. The summed E-state index contributed by atoms with van der Waals surface area (Å²) >= 11 is 5.39. The van der Waals surface area contributed by atoms with E-state index in [0.29, 0.717) is 11.5 Å². The molecule has 7 nitrogen and oxygen atoms in total. The highest BCUT2D eigenvalue weighted by atomic mass is 32.1. The molecule has 1 aliphatic rings. The van der Waals surface area contributed by atoms with Crippen LogP contribution in [0, 0.1) is 0 Å². The molecular formula is C14H19N7S. The molecule has 0 amide bonds. The molecule has 1 saturated heterocycles. The number of aromatic nitrogens is 4. The number of hydrogen-bond donors (Lipinski definition) is 2. The SMILES string of the molecule is CNC(=S)N1CCCC[C@@H]1c1nnn(-c2cccc(N)c2)n1. The predicted octanol–water partition coefficient (Wildman–Crippen LogP) is 1.28. The van der Waals surface area contributed by atoms with Crippen molar-refractivity contribution in [1.29, 1.82) is 0 Å². The molecule has 0 spiro atoms. The molecular weight excluding hydrogens is 298 g/mol. The molecule has 0 unspecified atom stereocenters. The van der Waals surface area contributed by atoms with Crippen LogP contribution in [0.25, 0.3) is 5.69 Å². The fourth-order valence-electron chi connectivity index (χ4n) is 2.70. The molecule has 3 N–H and O–H groups in total. The highest BCUT2D eigenvalue weighted by molar-refractivity contribution is 7.80. The van der Waals surface area contributed by atoms with Gasteiger partial charge in [-0.3, -0.25) is 0 Å². The van der Waals surface area contributed by atoms with Gasteiger partial charge < -0.3 is 16.0 Å². The first-order valence-electron chi connectivity index (χ1n) is 7.33. The van der Waals surface area contributed by atoms with E-state index in [2.05, 4.69) is 25.6 Å². The fraction of sp³-hybridized carbons (Fsp3) is 0.429. The van der Waals surface area contributed by atoms with Gasteiger partial charge in [-0.25, -0.2) is 0 Å². The Balaban J connectivity index is 1.87. The van der Waals surface area contributed by atoms with E-state index in [1.807, 2.05) is 31.3 Å². The molecule has 3 rings (SSSR count). The van der Waals surface area contributed by atoms with Gasteiger partial charge in [-0.15, -0.1) is 15.0 Å². The van der Waals surface area contributed by atoms with Crippen LogP contribution in [0.15, 0.2) is 24.3 Å². The molecule has 1 aromatic carbocycles. The first-order valence-corrected chi connectivity index (χ1v) is 7.74. The lowest BCUT2D eigenvalue weighted by atomic mass is 10.0. The fourth-order valence-corrected chi connectivity index (χ4v) is 2.92. The van der Waals surface area contributed by atoms with Crippen LogP contribution in [0.1, 0.15) is 31.1 Å². The number of thiocarbonyl (C=S) groups is 1. The number of nitrogens with zero attached hydrogens (tertiary/aromatic N) is 5. The summed E-state index contributed by atoms with van der Waals surface area (Å²) in [4.78, 5) is 3.65. The summed E-state index contributed by atoms with van der Waals surface area (Å²) in [5.41, 5.74) is 7.28. The molecule has 1 atom stereocenters. The van der Waals surface area contributed by atoms with Crippen LogP contribution < -0.4 is 11.1 Å². The van der Waals surface area contributed by atoms with Crippen LogP contribution in [-0.2, 0) is 0 Å². The first-order chi connectivity index (χ1) is 10.7. The number of tetrazole rings is 1. The Bertz CT molecular complexity index is 669. The van der Waals surface area contributed by atoms with Crippen molar-refractivity contribution < 1.29 is 0 Å². The van der Waals surface area contributed by atoms with Crippen LogP contribution in [-0.4, -0.2) is 43.8 Å². The Kier molecular flexibility index (Phi) is 4.19. The Morgan fingerprint density at radius 3 is 3.05 bits per heavy atom. The number of hydrogen-bond acceptors (Lipinski definition) is 5. The van der Waals surface area contributed by atoms with Gasteiger partial charge in [0.1, 0.15) is 0 Å². The van der Waals surface area contributed by atoms with E-state index in [1.165, 1.54) is 4.80 Å². The van der Waals surface area contributed by atoms with Crippen molar-refractivity contribution in [3.63, 3.8) is 0 Å². The highest BCUT2D eigenvalue weighted by Gasteiger charge is 2.29. The van der Waals surface area contributed by atoms with E-state index >= 15 is 0 Å². The molecule has 0 bridgehead atoms. The van der Waals surface area contributed by atoms with Crippen molar-refractivity contribution in [1.82, 2.24) is 30.4 Å². The van der Waals surface area contributed by atoms with Crippen LogP contribution in [0.4, 0.5) is 5.69 Å². The standard InChI is InChI=1S/C14H19N7S/c1-16-14(22)20-8-3-2-7-12(20)13-17-19-21(18-13)11-6-4-5-10(15)9-11/h4-6,9,12H,2-3,7-8,15H2,1H3,(H,16,22)/t12-/m1/s1. The second-order valence-corrected chi connectivity index (χ2v) is 5.68. The molecule has 0 aliphatic carbocycles. The second-order valence-electron chi connectivity index (χ2n) is 5.29. The molecule has 116 valence electrons. The van der Waals surface area contributed by atoms with Crippen LogP contribution >= 0.6 is 12.2 Å². The zero-order valence-corrected chi connectivity index (χ0v) is 13.3. The Morgan fingerprint density at radius 1 is 1.41 bits per heavy atom. The quantitative estimate of drug-likeness (QED) is 0.637. The summed E-state index contributed by atoms with van der Waals surface area (Å²) in [6.45, 7) is 0.914. The van der Waals surface area contributed by atoms with Gasteiger partial charge >= 0.3 is 0 Å². The zero-order valence-electron chi connectivity index (χ0n) is 12.4. The van der Waals surface area contributed by atoms with Crippen molar-refractivity contribution in [2.24, 2.45) is 0 Å². The van der Waals surface area contributed by atoms with Gasteiger partial charge in [0.25, 0.3) is 0 Å². The molecule has 22 heavy (non-hydrogen) atoms. The summed E-state index contributed by atoms with van der Waals surface area (Å²) in [6, 6.07) is 7.50. The summed E-state index contributed by atoms with van der Waals surface area (Å²) < 4.78 is 0. The number of nitrogens with two attached hydrogens (primary N) is 1. The smallest absolute Gasteiger partial charge is 0.197 e. The van der Waals surface area contributed by atoms with Gasteiger partial charge in [-0.1, -0.05) is 6.07 Å². The Labute approximate surface area is 134 Å². The normalized spacial score (nSPS) is 18.2. The Morgan fingerprint density at radius 2 is 2.27 bits per heavy atom. The third kappa shape index (κ3) is 2.87. The van der Waals surface area contributed by atoms with Crippen molar-refractivity contribution in [2.75, 3.05) is 19.3 Å². The maximum absolute atomic E-state index is 5.80. The number of benzene rings is 1. The largest absolute Gasteiger partial charge is 0.399 e. The van der Waals surface area contributed by atoms with Crippen LogP contribution in [0.5, 0.6) is 0 Å². The number of anilines is 1. The van der Waals surface area contributed by atoms with Gasteiger partial charge in [0.05, 0.1) is 11.7 Å². The molecule has 2 heterocycles. The number of rotatable bonds is 2. The highest BCUT2D eigenvalue weighted by Crippen LogP contribution is 2.28. The van der Waals surface area contributed by atoms with Gasteiger partial charge in [0.15, 0.2) is 10.9 Å². The van der Waals surface area contributed by atoms with Gasteiger partial charge in [-0.2, -0.15) is 0 Å². The van der Waals surface area contributed by atoms with Crippen molar-refractivity contribution in [2.45, 2.75) is 25.3 Å². The maximum Gasteiger partial charge on any atom is 0.197 e. The van der Waals surface area contributed by atoms with Crippen molar-refractivity contribution in [3.05, 3.63) is 30.1 Å². The first kappa shape index (κ1) is 14.7. The van der Waals surface area contributed by atoms with E-state index in [0.717, 1.165) is 36.6 Å². The Hall–Kier alpha value is -2.22. The lowest BCUT2D eigenvalue weighted by molar-refractivity contribution is 0.233. The molecule has 1 aliphatic heterocycles. The zero-order chi connectivity index (χ0) is 15.5.